The Morgan fingerprint density at radius 1 is 1.46 bits per heavy atom. The van der Waals surface area contributed by atoms with E-state index >= 15 is 0 Å². The molecular formula is C10H22N2O. The van der Waals surface area contributed by atoms with Crippen molar-refractivity contribution in [3.63, 3.8) is 0 Å². The Balaban J connectivity index is 2.16. The van der Waals surface area contributed by atoms with Crippen LogP contribution >= 0.6 is 0 Å². The van der Waals surface area contributed by atoms with Crippen molar-refractivity contribution in [2.24, 2.45) is 11.7 Å². The van der Waals surface area contributed by atoms with Gasteiger partial charge in [0.25, 0.3) is 0 Å². The Hall–Kier alpha value is -0.120. The molecule has 0 radical (unpaired) electrons. The summed E-state index contributed by atoms with van der Waals surface area (Å²) >= 11 is 0. The highest BCUT2D eigenvalue weighted by Crippen LogP contribution is 2.18. The van der Waals surface area contributed by atoms with E-state index in [4.69, 9.17) is 10.8 Å². The van der Waals surface area contributed by atoms with E-state index < -0.39 is 0 Å². The maximum absolute atomic E-state index is 8.84. The second-order valence-electron chi connectivity index (χ2n) is 3.96. The molecule has 1 saturated heterocycles. The molecule has 3 heteroatoms. The highest BCUT2D eigenvalue weighted by molar-refractivity contribution is 4.72. The van der Waals surface area contributed by atoms with Gasteiger partial charge in [0.1, 0.15) is 0 Å². The van der Waals surface area contributed by atoms with Crippen LogP contribution in [0.5, 0.6) is 0 Å². The van der Waals surface area contributed by atoms with Crippen LogP contribution in [0.1, 0.15) is 25.7 Å². The number of nitrogens with two attached hydrogens (primary N) is 1. The van der Waals surface area contributed by atoms with Crippen LogP contribution in [-0.2, 0) is 0 Å². The zero-order chi connectivity index (χ0) is 9.52. The van der Waals surface area contributed by atoms with Crippen LogP contribution in [0.25, 0.3) is 0 Å². The van der Waals surface area contributed by atoms with Crippen LogP contribution in [0.3, 0.4) is 0 Å². The molecule has 3 N–H and O–H groups in total. The fraction of sp³-hybridized carbons (Fsp3) is 1.00. The molecule has 13 heavy (non-hydrogen) atoms. The molecule has 1 rings (SSSR count). The zero-order valence-electron chi connectivity index (χ0n) is 8.41. The summed E-state index contributed by atoms with van der Waals surface area (Å²) in [6.07, 6.45) is 4.65. The minimum atomic E-state index is 0.343. The molecule has 0 saturated carbocycles. The third-order valence-corrected chi connectivity index (χ3v) is 2.82. The molecule has 1 heterocycles. The number of aliphatic hydroxyl groups is 1. The smallest absolute Gasteiger partial charge is 0.0434 e. The van der Waals surface area contributed by atoms with E-state index in [0.717, 1.165) is 31.8 Å². The lowest BCUT2D eigenvalue weighted by Crippen LogP contribution is -2.36. The summed E-state index contributed by atoms with van der Waals surface area (Å²) in [7, 11) is 0. The van der Waals surface area contributed by atoms with Gasteiger partial charge in [-0.15, -0.1) is 0 Å². The van der Waals surface area contributed by atoms with Crippen LogP contribution in [0.2, 0.25) is 0 Å². The molecule has 1 atom stereocenters. The summed E-state index contributed by atoms with van der Waals surface area (Å²) in [6.45, 7) is 4.66. The molecule has 0 amide bonds. The van der Waals surface area contributed by atoms with Gasteiger partial charge in [-0.1, -0.05) is 0 Å². The second kappa shape index (κ2) is 6.35. The molecule has 1 unspecified atom stereocenters. The summed E-state index contributed by atoms with van der Waals surface area (Å²) in [5.74, 6) is 0.719. The van der Waals surface area contributed by atoms with E-state index in [1.807, 2.05) is 0 Å². The Morgan fingerprint density at radius 2 is 2.31 bits per heavy atom. The van der Waals surface area contributed by atoms with Crippen LogP contribution in [0.4, 0.5) is 0 Å². The highest BCUT2D eigenvalue weighted by Gasteiger charge is 2.18. The van der Waals surface area contributed by atoms with Gasteiger partial charge in [0.2, 0.25) is 0 Å². The topological polar surface area (TPSA) is 49.5 Å². The molecule has 0 aromatic carbocycles. The van der Waals surface area contributed by atoms with E-state index in [0.29, 0.717) is 6.61 Å². The van der Waals surface area contributed by atoms with Crippen LogP contribution in [0, 0.1) is 5.92 Å². The number of nitrogens with zero attached hydrogens (tertiary/aromatic N) is 1. The minimum Gasteiger partial charge on any atom is -0.396 e. The van der Waals surface area contributed by atoms with Crippen molar-refractivity contribution >= 4 is 0 Å². The molecule has 0 aliphatic carbocycles. The average molecular weight is 186 g/mol. The molecular weight excluding hydrogens is 164 g/mol. The van der Waals surface area contributed by atoms with Gasteiger partial charge < -0.3 is 15.7 Å². The fourth-order valence-corrected chi connectivity index (χ4v) is 2.09. The van der Waals surface area contributed by atoms with E-state index in [9.17, 15) is 0 Å². The second-order valence-corrected chi connectivity index (χ2v) is 3.96. The van der Waals surface area contributed by atoms with Crippen molar-refractivity contribution in [2.45, 2.75) is 25.7 Å². The first-order valence-corrected chi connectivity index (χ1v) is 5.40. The summed E-state index contributed by atoms with van der Waals surface area (Å²) in [5, 5.41) is 8.84. The lowest BCUT2D eigenvalue weighted by molar-refractivity contribution is 0.147. The standard InChI is InChI=1S/C10H22N2O/c11-5-2-7-12-6-1-3-10(9-12)4-8-13/h10,13H,1-9,11H2. The number of hydrogen-bond donors (Lipinski definition) is 2. The number of likely N-dealkylation sites (tertiary alicyclic amines) is 1. The first-order valence-electron chi connectivity index (χ1n) is 5.40. The van der Waals surface area contributed by atoms with E-state index in [-0.39, 0.29) is 0 Å². The fourth-order valence-electron chi connectivity index (χ4n) is 2.09. The van der Waals surface area contributed by atoms with Crippen LogP contribution in [-0.4, -0.2) is 42.8 Å². The van der Waals surface area contributed by atoms with Gasteiger partial charge >= 0.3 is 0 Å². The molecule has 3 nitrogen and oxygen atoms in total. The molecule has 0 aromatic heterocycles. The molecule has 0 spiro atoms. The monoisotopic (exact) mass is 186 g/mol. The number of aliphatic hydroxyl groups excluding tert-OH is 1. The average Bonchev–Trinajstić information content (AvgIpc) is 2.16. The molecule has 1 fully saturated rings. The Bertz CT molecular complexity index is 128. The normalized spacial score (nSPS) is 24.9. The molecule has 0 bridgehead atoms. The summed E-state index contributed by atoms with van der Waals surface area (Å²) in [6, 6.07) is 0. The van der Waals surface area contributed by atoms with Crippen molar-refractivity contribution in [1.29, 1.82) is 0 Å². The number of hydrogen-bond acceptors (Lipinski definition) is 3. The first-order chi connectivity index (χ1) is 6.36. The van der Waals surface area contributed by atoms with Crippen molar-refractivity contribution in [1.82, 2.24) is 4.90 Å². The maximum Gasteiger partial charge on any atom is 0.0434 e. The van der Waals surface area contributed by atoms with Crippen LogP contribution in [0.15, 0.2) is 0 Å². The first kappa shape index (κ1) is 11.0. The largest absolute Gasteiger partial charge is 0.396 e. The van der Waals surface area contributed by atoms with Gasteiger partial charge in [-0.3, -0.25) is 0 Å². The molecule has 78 valence electrons. The van der Waals surface area contributed by atoms with Crippen molar-refractivity contribution < 1.29 is 5.11 Å². The van der Waals surface area contributed by atoms with E-state index in [1.165, 1.54) is 25.9 Å². The van der Waals surface area contributed by atoms with Gasteiger partial charge in [0.15, 0.2) is 0 Å². The van der Waals surface area contributed by atoms with Gasteiger partial charge in [-0.2, -0.15) is 0 Å². The predicted molar refractivity (Wildman–Crippen MR) is 54.5 cm³/mol. The van der Waals surface area contributed by atoms with Crippen molar-refractivity contribution in [3.05, 3.63) is 0 Å². The number of rotatable bonds is 5. The van der Waals surface area contributed by atoms with Gasteiger partial charge in [-0.25, -0.2) is 0 Å². The Labute approximate surface area is 80.9 Å². The maximum atomic E-state index is 8.84. The summed E-state index contributed by atoms with van der Waals surface area (Å²) in [4.78, 5) is 2.48. The summed E-state index contributed by atoms with van der Waals surface area (Å²) in [5.41, 5.74) is 5.47. The molecule has 1 aliphatic heterocycles. The quantitative estimate of drug-likeness (QED) is 0.654. The predicted octanol–water partition coefficient (Wildman–Crippen LogP) is 0.430. The highest BCUT2D eigenvalue weighted by atomic mass is 16.3. The summed E-state index contributed by atoms with van der Waals surface area (Å²) < 4.78 is 0. The third-order valence-electron chi connectivity index (χ3n) is 2.82. The Morgan fingerprint density at radius 3 is 3.00 bits per heavy atom. The third kappa shape index (κ3) is 4.07. The number of piperidine rings is 1. The van der Waals surface area contributed by atoms with Gasteiger partial charge in [0.05, 0.1) is 0 Å². The SMILES string of the molecule is NCCCN1CCCC(CCO)C1. The molecule has 0 aromatic rings. The minimum absolute atomic E-state index is 0.343. The van der Waals surface area contributed by atoms with Gasteiger partial charge in [-0.05, 0) is 51.2 Å². The lowest BCUT2D eigenvalue weighted by atomic mass is 9.95. The van der Waals surface area contributed by atoms with E-state index in [1.54, 1.807) is 0 Å². The van der Waals surface area contributed by atoms with Crippen molar-refractivity contribution in [3.8, 4) is 0 Å². The lowest BCUT2D eigenvalue weighted by Gasteiger charge is -2.32. The van der Waals surface area contributed by atoms with Crippen molar-refractivity contribution in [2.75, 3.05) is 32.8 Å². The Kier molecular flexibility index (Phi) is 5.35. The van der Waals surface area contributed by atoms with Gasteiger partial charge in [0, 0.05) is 13.2 Å². The molecule has 1 aliphatic rings. The zero-order valence-corrected chi connectivity index (χ0v) is 8.41. The van der Waals surface area contributed by atoms with E-state index in [2.05, 4.69) is 4.90 Å². The van der Waals surface area contributed by atoms with Crippen LogP contribution < -0.4 is 5.73 Å².